The lowest BCUT2D eigenvalue weighted by atomic mass is 10.0. The molecule has 0 amide bonds. The SMILES string of the molecule is O=C(O)c1c(F)cccc1NC1CCCC1CO. The summed E-state index contributed by atoms with van der Waals surface area (Å²) >= 11 is 0. The Kier molecular flexibility index (Phi) is 3.81. The molecule has 0 spiro atoms. The summed E-state index contributed by atoms with van der Waals surface area (Å²) in [6.45, 7) is 0.0649. The van der Waals surface area contributed by atoms with Crippen molar-refractivity contribution < 1.29 is 19.4 Å². The molecule has 1 saturated carbocycles. The summed E-state index contributed by atoms with van der Waals surface area (Å²) in [7, 11) is 0. The first-order chi connectivity index (χ1) is 8.63. The zero-order valence-corrected chi connectivity index (χ0v) is 9.90. The van der Waals surface area contributed by atoms with Crippen molar-refractivity contribution in [3.05, 3.63) is 29.6 Å². The van der Waals surface area contributed by atoms with Gasteiger partial charge in [0, 0.05) is 18.6 Å². The Bertz CT molecular complexity index is 450. The third-order valence-electron chi connectivity index (χ3n) is 3.46. The summed E-state index contributed by atoms with van der Waals surface area (Å²) in [5, 5.41) is 21.3. The van der Waals surface area contributed by atoms with Crippen molar-refractivity contribution in [3.63, 3.8) is 0 Å². The number of carbonyl (C=O) groups is 1. The van der Waals surface area contributed by atoms with Gasteiger partial charge >= 0.3 is 5.97 Å². The first-order valence-corrected chi connectivity index (χ1v) is 6.02. The highest BCUT2D eigenvalue weighted by atomic mass is 19.1. The lowest BCUT2D eigenvalue weighted by Crippen LogP contribution is -2.27. The normalized spacial score (nSPS) is 23.0. The van der Waals surface area contributed by atoms with Gasteiger partial charge in [0.15, 0.2) is 0 Å². The van der Waals surface area contributed by atoms with Gasteiger partial charge in [0.1, 0.15) is 11.4 Å². The molecule has 0 aliphatic heterocycles. The van der Waals surface area contributed by atoms with E-state index in [4.69, 9.17) is 5.11 Å². The molecule has 4 nitrogen and oxygen atoms in total. The smallest absolute Gasteiger partial charge is 0.340 e. The molecule has 5 heteroatoms. The monoisotopic (exact) mass is 253 g/mol. The van der Waals surface area contributed by atoms with Gasteiger partial charge in [-0.1, -0.05) is 12.5 Å². The minimum absolute atomic E-state index is 0.00917. The van der Waals surface area contributed by atoms with Crippen LogP contribution >= 0.6 is 0 Å². The molecule has 0 bridgehead atoms. The third-order valence-corrected chi connectivity index (χ3v) is 3.46. The van der Waals surface area contributed by atoms with Crippen LogP contribution in [0.2, 0.25) is 0 Å². The molecule has 0 saturated heterocycles. The van der Waals surface area contributed by atoms with E-state index in [0.29, 0.717) is 0 Å². The summed E-state index contributed by atoms with van der Waals surface area (Å²) < 4.78 is 13.5. The number of carboxylic acid groups (broad SMARTS) is 1. The van der Waals surface area contributed by atoms with Crippen LogP contribution in [0.4, 0.5) is 10.1 Å². The lowest BCUT2D eigenvalue weighted by Gasteiger charge is -2.21. The summed E-state index contributed by atoms with van der Waals surface area (Å²) in [5.41, 5.74) is -0.0473. The number of aromatic carboxylic acids is 1. The molecule has 0 heterocycles. The molecule has 0 aromatic heterocycles. The zero-order valence-electron chi connectivity index (χ0n) is 9.90. The molecular weight excluding hydrogens is 237 g/mol. The molecule has 1 fully saturated rings. The predicted octanol–water partition coefficient (Wildman–Crippen LogP) is 2.10. The van der Waals surface area contributed by atoms with Gasteiger partial charge in [-0.05, 0) is 25.0 Å². The zero-order chi connectivity index (χ0) is 13.1. The number of hydrogen-bond donors (Lipinski definition) is 3. The number of nitrogens with one attached hydrogen (secondary N) is 1. The van der Waals surface area contributed by atoms with E-state index in [1.54, 1.807) is 6.07 Å². The molecule has 2 rings (SSSR count). The van der Waals surface area contributed by atoms with E-state index >= 15 is 0 Å². The van der Waals surface area contributed by atoms with Gasteiger partial charge < -0.3 is 15.5 Å². The van der Waals surface area contributed by atoms with Crippen LogP contribution in [-0.2, 0) is 0 Å². The van der Waals surface area contributed by atoms with E-state index in [9.17, 15) is 14.3 Å². The summed E-state index contributed by atoms with van der Waals surface area (Å²) in [4.78, 5) is 11.0. The second kappa shape index (κ2) is 5.35. The summed E-state index contributed by atoms with van der Waals surface area (Å²) in [6.07, 6.45) is 2.76. The van der Waals surface area contributed by atoms with Gasteiger partial charge in [-0.2, -0.15) is 0 Å². The van der Waals surface area contributed by atoms with Crippen LogP contribution in [0.3, 0.4) is 0 Å². The summed E-state index contributed by atoms with van der Waals surface area (Å²) in [5.74, 6) is -1.92. The molecule has 2 atom stereocenters. The minimum atomic E-state index is -1.28. The van der Waals surface area contributed by atoms with E-state index < -0.39 is 11.8 Å². The number of halogens is 1. The second-order valence-corrected chi connectivity index (χ2v) is 4.59. The fourth-order valence-electron chi connectivity index (χ4n) is 2.51. The Hall–Kier alpha value is -1.62. The number of hydrogen-bond acceptors (Lipinski definition) is 3. The van der Waals surface area contributed by atoms with Gasteiger partial charge in [0.05, 0.1) is 5.69 Å². The molecule has 18 heavy (non-hydrogen) atoms. The van der Waals surface area contributed by atoms with Crippen molar-refractivity contribution in [1.82, 2.24) is 0 Å². The van der Waals surface area contributed by atoms with Crippen LogP contribution in [0.25, 0.3) is 0 Å². The highest BCUT2D eigenvalue weighted by molar-refractivity contribution is 5.94. The number of aliphatic hydroxyl groups is 1. The lowest BCUT2D eigenvalue weighted by molar-refractivity contribution is 0.0693. The Morgan fingerprint density at radius 1 is 1.44 bits per heavy atom. The first-order valence-electron chi connectivity index (χ1n) is 6.02. The van der Waals surface area contributed by atoms with Crippen LogP contribution in [0.1, 0.15) is 29.6 Å². The van der Waals surface area contributed by atoms with Crippen molar-refractivity contribution in [3.8, 4) is 0 Å². The highest BCUT2D eigenvalue weighted by Crippen LogP contribution is 2.30. The van der Waals surface area contributed by atoms with Crippen LogP contribution in [0.15, 0.2) is 18.2 Å². The largest absolute Gasteiger partial charge is 0.478 e. The molecule has 98 valence electrons. The quantitative estimate of drug-likeness (QED) is 0.768. The molecule has 3 N–H and O–H groups in total. The molecule has 1 aliphatic rings. The van der Waals surface area contributed by atoms with Crippen LogP contribution in [0.5, 0.6) is 0 Å². The predicted molar refractivity (Wildman–Crippen MR) is 65.2 cm³/mol. The van der Waals surface area contributed by atoms with E-state index in [1.807, 2.05) is 0 Å². The van der Waals surface area contributed by atoms with E-state index in [2.05, 4.69) is 5.32 Å². The van der Waals surface area contributed by atoms with Gasteiger partial charge in [-0.3, -0.25) is 0 Å². The first kappa shape index (κ1) is 12.8. The van der Waals surface area contributed by atoms with Crippen molar-refractivity contribution in [2.75, 3.05) is 11.9 Å². The molecule has 0 radical (unpaired) electrons. The number of aliphatic hydroxyl groups excluding tert-OH is 1. The molecule has 1 aromatic carbocycles. The van der Waals surface area contributed by atoms with Gasteiger partial charge in [-0.25, -0.2) is 9.18 Å². The number of carboxylic acids is 1. The van der Waals surface area contributed by atoms with Crippen molar-refractivity contribution in [2.24, 2.45) is 5.92 Å². The van der Waals surface area contributed by atoms with Crippen LogP contribution < -0.4 is 5.32 Å². The van der Waals surface area contributed by atoms with Crippen molar-refractivity contribution in [1.29, 1.82) is 0 Å². The topological polar surface area (TPSA) is 69.6 Å². The van der Waals surface area contributed by atoms with Crippen molar-refractivity contribution in [2.45, 2.75) is 25.3 Å². The van der Waals surface area contributed by atoms with Crippen molar-refractivity contribution >= 4 is 11.7 Å². The molecule has 1 aliphatic carbocycles. The van der Waals surface area contributed by atoms with Gasteiger partial charge in [-0.15, -0.1) is 0 Å². The maximum atomic E-state index is 13.5. The number of benzene rings is 1. The molecular formula is C13H16FNO3. The third kappa shape index (κ3) is 2.46. The number of rotatable bonds is 4. The van der Waals surface area contributed by atoms with Crippen LogP contribution in [-0.4, -0.2) is 28.8 Å². The van der Waals surface area contributed by atoms with E-state index in [-0.39, 0.29) is 29.8 Å². The maximum Gasteiger partial charge on any atom is 0.340 e. The van der Waals surface area contributed by atoms with Gasteiger partial charge in [0.25, 0.3) is 0 Å². The minimum Gasteiger partial charge on any atom is -0.478 e. The molecule has 2 unspecified atom stereocenters. The highest BCUT2D eigenvalue weighted by Gasteiger charge is 2.28. The average Bonchev–Trinajstić information content (AvgIpc) is 2.76. The standard InChI is InChI=1S/C13H16FNO3/c14-9-4-2-6-11(12(9)13(17)18)15-10-5-1-3-8(10)7-16/h2,4,6,8,10,15-16H,1,3,5,7H2,(H,17,18). The van der Waals surface area contributed by atoms with Gasteiger partial charge in [0.2, 0.25) is 0 Å². The second-order valence-electron chi connectivity index (χ2n) is 4.59. The Morgan fingerprint density at radius 3 is 2.89 bits per heavy atom. The Morgan fingerprint density at radius 2 is 2.22 bits per heavy atom. The fourth-order valence-corrected chi connectivity index (χ4v) is 2.51. The Balaban J connectivity index is 2.23. The summed E-state index contributed by atoms with van der Waals surface area (Å²) in [6, 6.07) is 4.17. The maximum absolute atomic E-state index is 13.5. The molecule has 1 aromatic rings. The fraction of sp³-hybridized carbons (Fsp3) is 0.462. The Labute approximate surface area is 104 Å². The van der Waals surface area contributed by atoms with E-state index in [0.717, 1.165) is 25.3 Å². The number of anilines is 1. The van der Waals surface area contributed by atoms with Crippen LogP contribution in [0, 0.1) is 11.7 Å². The van der Waals surface area contributed by atoms with E-state index in [1.165, 1.54) is 6.07 Å². The average molecular weight is 253 g/mol.